The van der Waals surface area contributed by atoms with Gasteiger partial charge in [0.2, 0.25) is 5.90 Å². The molecule has 2 heterocycles. The van der Waals surface area contributed by atoms with Crippen molar-refractivity contribution in [2.45, 2.75) is 6.92 Å². The molecule has 180 valence electrons. The first kappa shape index (κ1) is 25.0. The second-order valence-corrected chi connectivity index (χ2v) is 11.0. The summed E-state index contributed by atoms with van der Waals surface area (Å²) in [6.07, 6.45) is 1.47. The zero-order chi connectivity index (χ0) is 25.6. The van der Waals surface area contributed by atoms with Gasteiger partial charge in [0.25, 0.3) is 0 Å². The zero-order valence-corrected chi connectivity index (χ0v) is 22.9. The first-order chi connectivity index (χ1) is 17.2. The summed E-state index contributed by atoms with van der Waals surface area (Å²) in [5.74, 6) is -1.00. The number of carbonyl (C=O) groups excluding carboxylic acids is 2. The summed E-state index contributed by atoms with van der Waals surface area (Å²) in [6, 6.07) is 15.6. The smallest absolute Gasteiger partial charge is 0.363 e. The van der Waals surface area contributed by atoms with E-state index in [9.17, 15) is 9.59 Å². The van der Waals surface area contributed by atoms with Gasteiger partial charge in [-0.25, -0.2) is 14.6 Å². The molecule has 10 heteroatoms. The molecule has 1 aliphatic rings. The van der Waals surface area contributed by atoms with Crippen LogP contribution in [-0.2, 0) is 9.53 Å². The number of halogens is 4. The number of ether oxygens (including phenoxy) is 2. The van der Waals surface area contributed by atoms with E-state index < -0.39 is 11.9 Å². The number of fused-ring (bicyclic) bond motifs is 1. The van der Waals surface area contributed by atoms with E-state index in [2.05, 4.69) is 20.9 Å². The van der Waals surface area contributed by atoms with Crippen molar-refractivity contribution in [2.75, 3.05) is 0 Å². The monoisotopic (exact) mass is 619 g/mol. The minimum absolute atomic E-state index is 0.0155. The average Bonchev–Trinajstić information content (AvgIpc) is 3.34. The van der Waals surface area contributed by atoms with Gasteiger partial charge in [-0.2, -0.15) is 0 Å². The molecule has 5 nitrogen and oxygen atoms in total. The highest BCUT2D eigenvalue weighted by Crippen LogP contribution is 2.37. The van der Waals surface area contributed by atoms with Gasteiger partial charge in [-0.05, 0) is 61.0 Å². The van der Waals surface area contributed by atoms with Crippen LogP contribution in [0.2, 0.25) is 15.1 Å². The third-order valence-corrected chi connectivity index (χ3v) is 7.90. The summed E-state index contributed by atoms with van der Waals surface area (Å²) in [5, 5.41) is 1.86. The Morgan fingerprint density at radius 1 is 1.08 bits per heavy atom. The van der Waals surface area contributed by atoms with Crippen LogP contribution < -0.4 is 4.74 Å². The van der Waals surface area contributed by atoms with Gasteiger partial charge in [0.1, 0.15) is 10.6 Å². The van der Waals surface area contributed by atoms with Crippen LogP contribution in [0.5, 0.6) is 5.75 Å². The van der Waals surface area contributed by atoms with Crippen LogP contribution >= 0.6 is 62.1 Å². The molecule has 0 aliphatic carbocycles. The summed E-state index contributed by atoms with van der Waals surface area (Å²) >= 11 is 23.3. The molecule has 0 unspecified atom stereocenters. The fourth-order valence-electron chi connectivity index (χ4n) is 3.51. The van der Waals surface area contributed by atoms with E-state index in [0.29, 0.717) is 30.7 Å². The van der Waals surface area contributed by atoms with E-state index in [1.165, 1.54) is 23.5 Å². The van der Waals surface area contributed by atoms with Gasteiger partial charge in [0, 0.05) is 25.1 Å². The fraction of sp³-hybridized carbons (Fsp3) is 0.0385. The minimum atomic E-state index is -0.670. The summed E-state index contributed by atoms with van der Waals surface area (Å²) in [4.78, 5) is 30.2. The van der Waals surface area contributed by atoms with E-state index in [0.717, 1.165) is 15.6 Å². The van der Waals surface area contributed by atoms with Crippen molar-refractivity contribution in [3.63, 3.8) is 0 Å². The third kappa shape index (κ3) is 4.94. The molecule has 0 spiro atoms. The number of nitrogens with zero attached hydrogens (tertiary/aromatic N) is 1. The molecule has 0 saturated carbocycles. The maximum Gasteiger partial charge on any atom is 0.363 e. The predicted octanol–water partition coefficient (Wildman–Crippen LogP) is 8.50. The largest absolute Gasteiger partial charge is 0.422 e. The zero-order valence-electron chi connectivity index (χ0n) is 18.3. The van der Waals surface area contributed by atoms with Crippen molar-refractivity contribution < 1.29 is 19.1 Å². The third-order valence-electron chi connectivity index (χ3n) is 5.22. The molecule has 1 aliphatic heterocycles. The molecular weight excluding hydrogens is 609 g/mol. The first-order valence-electron chi connectivity index (χ1n) is 10.4. The van der Waals surface area contributed by atoms with E-state index in [1.54, 1.807) is 30.3 Å². The summed E-state index contributed by atoms with van der Waals surface area (Å²) in [7, 11) is 0. The normalized spacial score (nSPS) is 14.3. The second-order valence-electron chi connectivity index (χ2n) is 7.78. The van der Waals surface area contributed by atoms with E-state index in [-0.39, 0.29) is 22.2 Å². The highest BCUT2D eigenvalue weighted by Gasteiger charge is 2.27. The summed E-state index contributed by atoms with van der Waals surface area (Å²) in [5.41, 5.74) is 1.94. The van der Waals surface area contributed by atoms with Gasteiger partial charge in [0.15, 0.2) is 5.70 Å². The van der Waals surface area contributed by atoms with Gasteiger partial charge < -0.3 is 9.47 Å². The number of hydrogen-bond acceptors (Lipinski definition) is 6. The molecule has 1 aromatic heterocycles. The lowest BCUT2D eigenvalue weighted by Crippen LogP contribution is -2.08. The molecule has 0 saturated heterocycles. The summed E-state index contributed by atoms with van der Waals surface area (Å²) in [6.45, 7) is 1.97. The average molecular weight is 622 g/mol. The number of cyclic esters (lactones) is 1. The van der Waals surface area contributed by atoms with Crippen LogP contribution in [0.1, 0.15) is 26.4 Å². The Labute approximate surface area is 233 Å². The van der Waals surface area contributed by atoms with Crippen LogP contribution in [0.3, 0.4) is 0 Å². The molecule has 4 aromatic rings. The molecular formula is C26H13BrCl3NO4S. The standard InChI is InChI=1S/C26H13BrCl3NO4S/c1-12-2-5-17-21(8-12)36-23(22(17)30)26(33)34-20-7-3-14(27)9-13(20)10-19-25(32)35-24(31-19)16-6-4-15(28)11-18(16)29/h2-11H,1H3/b19-10+. The topological polar surface area (TPSA) is 65.0 Å². The maximum atomic E-state index is 13.1. The van der Waals surface area contributed by atoms with Gasteiger partial charge in [-0.3, -0.25) is 0 Å². The Hall–Kier alpha value is -2.68. The highest BCUT2D eigenvalue weighted by molar-refractivity contribution is 9.10. The Bertz CT molecular complexity index is 1640. The lowest BCUT2D eigenvalue weighted by Gasteiger charge is -2.08. The van der Waals surface area contributed by atoms with Crippen molar-refractivity contribution >= 4 is 96.1 Å². The Morgan fingerprint density at radius 3 is 2.67 bits per heavy atom. The molecule has 36 heavy (non-hydrogen) atoms. The molecule has 0 bridgehead atoms. The van der Waals surface area contributed by atoms with Crippen LogP contribution in [0.4, 0.5) is 0 Å². The maximum absolute atomic E-state index is 13.1. The number of thiophene rings is 1. The quantitative estimate of drug-likeness (QED) is 0.130. The molecule has 5 rings (SSSR count). The molecule has 0 N–H and O–H groups in total. The summed E-state index contributed by atoms with van der Waals surface area (Å²) < 4.78 is 12.6. The lowest BCUT2D eigenvalue weighted by molar-refractivity contribution is -0.129. The molecule has 3 aromatic carbocycles. The van der Waals surface area contributed by atoms with Gasteiger partial charge in [-0.15, -0.1) is 11.3 Å². The fourth-order valence-corrected chi connectivity index (χ4v) is 5.86. The molecule has 0 fully saturated rings. The Kier molecular flexibility index (Phi) is 6.94. The van der Waals surface area contributed by atoms with Crippen LogP contribution in [0.25, 0.3) is 16.2 Å². The SMILES string of the molecule is Cc1ccc2c(Cl)c(C(=O)Oc3ccc(Br)cc3/C=C3/N=C(c4ccc(Cl)cc4Cl)OC3=O)sc2c1. The van der Waals surface area contributed by atoms with Crippen molar-refractivity contribution in [3.8, 4) is 5.75 Å². The van der Waals surface area contributed by atoms with E-state index in [1.807, 2.05) is 25.1 Å². The van der Waals surface area contributed by atoms with Crippen LogP contribution in [0.15, 0.2) is 69.8 Å². The van der Waals surface area contributed by atoms with Crippen molar-refractivity contribution in [3.05, 3.63) is 101 Å². The number of benzene rings is 3. The van der Waals surface area contributed by atoms with Crippen LogP contribution in [-0.4, -0.2) is 17.8 Å². The highest BCUT2D eigenvalue weighted by atomic mass is 79.9. The van der Waals surface area contributed by atoms with Crippen LogP contribution in [0, 0.1) is 6.92 Å². The number of rotatable bonds is 4. The van der Waals surface area contributed by atoms with Gasteiger partial charge in [-0.1, -0.05) is 62.9 Å². The number of aryl methyl sites for hydroxylation is 1. The van der Waals surface area contributed by atoms with Crippen molar-refractivity contribution in [2.24, 2.45) is 4.99 Å². The lowest BCUT2D eigenvalue weighted by atomic mass is 10.1. The number of hydrogen-bond donors (Lipinski definition) is 0. The predicted molar refractivity (Wildman–Crippen MR) is 148 cm³/mol. The second kappa shape index (κ2) is 10.00. The Balaban J connectivity index is 1.49. The molecule has 0 amide bonds. The van der Waals surface area contributed by atoms with Crippen molar-refractivity contribution in [1.82, 2.24) is 0 Å². The number of esters is 2. The van der Waals surface area contributed by atoms with Gasteiger partial charge >= 0.3 is 11.9 Å². The van der Waals surface area contributed by atoms with E-state index in [4.69, 9.17) is 44.3 Å². The Morgan fingerprint density at radius 2 is 1.89 bits per heavy atom. The van der Waals surface area contributed by atoms with Crippen molar-refractivity contribution in [1.29, 1.82) is 0 Å². The van der Waals surface area contributed by atoms with E-state index >= 15 is 0 Å². The first-order valence-corrected chi connectivity index (χ1v) is 13.1. The van der Waals surface area contributed by atoms with Gasteiger partial charge in [0.05, 0.1) is 15.6 Å². The number of carbonyl (C=O) groups is 2. The molecule has 0 atom stereocenters. The molecule has 0 radical (unpaired) electrons. The minimum Gasteiger partial charge on any atom is -0.422 e. The number of aliphatic imine (C=N–C) groups is 1.